The molecule has 4 heterocycles. The molecule has 0 bridgehead atoms. The molecule has 0 amide bonds. The Hall–Kier alpha value is -2.64. The molecule has 0 N–H and O–H groups in total. The van der Waals surface area contributed by atoms with E-state index in [1.165, 1.54) is 11.8 Å². The first-order valence-corrected chi connectivity index (χ1v) is 8.83. The van der Waals surface area contributed by atoms with Crippen LogP contribution < -0.4 is 0 Å². The van der Waals surface area contributed by atoms with E-state index in [-0.39, 0.29) is 0 Å². The Morgan fingerprint density at radius 2 is 1.88 bits per heavy atom. The van der Waals surface area contributed by atoms with Gasteiger partial charge in [-0.15, -0.1) is 10.2 Å². The largest absolute Gasteiger partial charge is 0.277 e. The van der Waals surface area contributed by atoms with E-state index in [1.54, 1.807) is 4.52 Å². The van der Waals surface area contributed by atoms with Gasteiger partial charge in [0, 0.05) is 11.6 Å². The van der Waals surface area contributed by atoms with Gasteiger partial charge in [0.2, 0.25) is 5.16 Å². The highest BCUT2D eigenvalue weighted by molar-refractivity contribution is 7.99. The summed E-state index contributed by atoms with van der Waals surface area (Å²) < 4.78 is 3.73. The fourth-order valence-corrected chi connectivity index (χ4v) is 3.89. The molecule has 0 radical (unpaired) electrons. The molecule has 4 aromatic heterocycles. The minimum Gasteiger partial charge on any atom is -0.277 e. The number of para-hydroxylation sites is 1. The van der Waals surface area contributed by atoms with Crippen molar-refractivity contribution in [2.45, 2.75) is 17.1 Å². The molecule has 0 aliphatic heterocycles. The molecule has 0 spiro atoms. The van der Waals surface area contributed by atoms with Crippen LogP contribution in [0.4, 0.5) is 0 Å². The molecule has 0 aliphatic rings. The van der Waals surface area contributed by atoms with E-state index in [0.29, 0.717) is 10.7 Å². The second-order valence-electron chi connectivity index (χ2n) is 5.58. The van der Waals surface area contributed by atoms with Crippen molar-refractivity contribution >= 4 is 45.6 Å². The molecule has 122 valence electrons. The van der Waals surface area contributed by atoms with Crippen molar-refractivity contribution < 1.29 is 0 Å². The second-order valence-corrected chi connectivity index (χ2v) is 6.92. The molecule has 0 aliphatic carbocycles. The highest BCUT2D eigenvalue weighted by Crippen LogP contribution is 2.33. The predicted octanol–water partition coefficient (Wildman–Crippen LogP) is 4.04. The Labute approximate surface area is 151 Å². The maximum atomic E-state index is 6.40. The van der Waals surface area contributed by atoms with Gasteiger partial charge in [0.25, 0.3) is 0 Å². The van der Waals surface area contributed by atoms with Gasteiger partial charge in [0.05, 0.1) is 11.2 Å². The van der Waals surface area contributed by atoms with E-state index in [4.69, 9.17) is 16.6 Å². The van der Waals surface area contributed by atoms with Crippen LogP contribution in [-0.4, -0.2) is 29.2 Å². The van der Waals surface area contributed by atoms with Crippen LogP contribution in [-0.2, 0) is 0 Å². The zero-order chi connectivity index (χ0) is 17.0. The zero-order valence-corrected chi connectivity index (χ0v) is 14.7. The summed E-state index contributed by atoms with van der Waals surface area (Å²) in [6, 6.07) is 13.8. The van der Waals surface area contributed by atoms with Crippen molar-refractivity contribution in [1.82, 2.24) is 29.2 Å². The fourth-order valence-electron chi connectivity index (χ4n) is 2.81. The Morgan fingerprint density at radius 1 is 1.04 bits per heavy atom. The highest BCUT2D eigenvalue weighted by Gasteiger charge is 2.17. The summed E-state index contributed by atoms with van der Waals surface area (Å²) in [7, 11) is 0. The van der Waals surface area contributed by atoms with E-state index >= 15 is 0 Å². The number of pyridine rings is 1. The molecule has 0 atom stereocenters. The maximum absolute atomic E-state index is 6.40. The fraction of sp³-hybridized carbons (Fsp3) is 0.0588. The van der Waals surface area contributed by atoms with Gasteiger partial charge < -0.3 is 0 Å². The van der Waals surface area contributed by atoms with Crippen LogP contribution in [0.1, 0.15) is 5.69 Å². The number of halogens is 1. The van der Waals surface area contributed by atoms with Gasteiger partial charge in [-0.25, -0.2) is 9.50 Å². The molecule has 25 heavy (non-hydrogen) atoms. The third-order valence-electron chi connectivity index (χ3n) is 4.01. The van der Waals surface area contributed by atoms with Crippen LogP contribution in [0, 0.1) is 6.92 Å². The Balaban J connectivity index is 1.78. The van der Waals surface area contributed by atoms with Gasteiger partial charge in [0.1, 0.15) is 10.0 Å². The molecular weight excluding hydrogens is 356 g/mol. The summed E-state index contributed by atoms with van der Waals surface area (Å²) in [5.74, 6) is 0. The lowest BCUT2D eigenvalue weighted by Gasteiger charge is -2.07. The summed E-state index contributed by atoms with van der Waals surface area (Å²) >= 11 is 7.87. The molecule has 8 heteroatoms. The van der Waals surface area contributed by atoms with Crippen LogP contribution in [0.15, 0.2) is 58.8 Å². The van der Waals surface area contributed by atoms with Crippen LogP contribution in [0.5, 0.6) is 0 Å². The zero-order valence-electron chi connectivity index (χ0n) is 13.1. The van der Waals surface area contributed by atoms with Crippen LogP contribution >= 0.6 is 23.4 Å². The topological polar surface area (TPSA) is 60.4 Å². The molecule has 0 unspecified atom stereocenters. The predicted molar refractivity (Wildman–Crippen MR) is 97.4 cm³/mol. The van der Waals surface area contributed by atoms with Crippen molar-refractivity contribution in [1.29, 1.82) is 0 Å². The van der Waals surface area contributed by atoms with Gasteiger partial charge in [0.15, 0.2) is 11.3 Å². The first-order valence-electron chi connectivity index (χ1n) is 7.63. The highest BCUT2D eigenvalue weighted by atomic mass is 35.5. The number of nitrogens with zero attached hydrogens (tertiary/aromatic N) is 6. The van der Waals surface area contributed by atoms with E-state index in [0.717, 1.165) is 32.4 Å². The van der Waals surface area contributed by atoms with Gasteiger partial charge in [-0.3, -0.25) is 4.40 Å². The average molecular weight is 367 g/mol. The quantitative estimate of drug-likeness (QED) is 0.441. The molecule has 0 saturated heterocycles. The van der Waals surface area contributed by atoms with E-state index in [2.05, 4.69) is 15.3 Å². The first kappa shape index (κ1) is 14.7. The Kier molecular flexibility index (Phi) is 3.19. The number of hydrogen-bond acceptors (Lipinski definition) is 5. The molecule has 6 nitrogen and oxygen atoms in total. The minimum absolute atomic E-state index is 0.568. The minimum atomic E-state index is 0.568. The van der Waals surface area contributed by atoms with Crippen LogP contribution in [0.25, 0.3) is 22.2 Å². The number of fused-ring (bicyclic) bond motifs is 4. The summed E-state index contributed by atoms with van der Waals surface area (Å²) in [5, 5.41) is 16.1. The number of rotatable bonds is 2. The maximum Gasteiger partial charge on any atom is 0.201 e. The molecule has 5 rings (SSSR count). The normalized spacial score (nSPS) is 11.8. The van der Waals surface area contributed by atoms with Crippen LogP contribution in [0.2, 0.25) is 5.02 Å². The van der Waals surface area contributed by atoms with E-state index in [1.807, 2.05) is 60.0 Å². The van der Waals surface area contributed by atoms with Gasteiger partial charge in [-0.1, -0.05) is 35.9 Å². The lowest BCUT2D eigenvalue weighted by atomic mass is 10.2. The summed E-state index contributed by atoms with van der Waals surface area (Å²) in [5.41, 5.74) is 3.16. The van der Waals surface area contributed by atoms with Gasteiger partial charge in [-0.2, -0.15) is 5.10 Å². The van der Waals surface area contributed by atoms with Crippen molar-refractivity contribution in [2.75, 3.05) is 0 Å². The summed E-state index contributed by atoms with van der Waals surface area (Å²) in [6.45, 7) is 1.88. The van der Waals surface area contributed by atoms with Crippen molar-refractivity contribution in [3.05, 3.63) is 59.4 Å². The van der Waals surface area contributed by atoms with E-state index < -0.39 is 0 Å². The molecular formula is C17H11ClN6S. The van der Waals surface area contributed by atoms with E-state index in [9.17, 15) is 0 Å². The third kappa shape index (κ3) is 2.20. The average Bonchev–Trinajstić information content (AvgIpc) is 3.18. The van der Waals surface area contributed by atoms with Gasteiger partial charge in [-0.05, 0) is 36.9 Å². The lowest BCUT2D eigenvalue weighted by molar-refractivity contribution is 0.913. The number of hydrogen-bond donors (Lipinski definition) is 0. The number of aromatic nitrogens is 6. The Bertz CT molecular complexity index is 1260. The Morgan fingerprint density at radius 3 is 2.80 bits per heavy atom. The van der Waals surface area contributed by atoms with Crippen molar-refractivity contribution in [3.8, 4) is 0 Å². The number of benzene rings is 1. The standard InChI is InChI=1S/C17H11ClN6S/c1-10-14(18)15-19-16(11-6-2-3-7-12(11)24(15)22-10)25-17-21-20-13-8-4-5-9-23(13)17/h2-9H,1H3. The molecule has 0 fully saturated rings. The monoisotopic (exact) mass is 366 g/mol. The third-order valence-corrected chi connectivity index (χ3v) is 5.41. The summed E-state index contributed by atoms with van der Waals surface area (Å²) in [4.78, 5) is 4.76. The summed E-state index contributed by atoms with van der Waals surface area (Å²) in [6.07, 6.45) is 1.94. The van der Waals surface area contributed by atoms with Gasteiger partial charge >= 0.3 is 0 Å². The molecule has 1 aromatic carbocycles. The second kappa shape index (κ2) is 5.44. The number of aryl methyl sites for hydroxylation is 1. The smallest absolute Gasteiger partial charge is 0.201 e. The van der Waals surface area contributed by atoms with Crippen molar-refractivity contribution in [2.24, 2.45) is 0 Å². The van der Waals surface area contributed by atoms with Crippen molar-refractivity contribution in [3.63, 3.8) is 0 Å². The molecule has 5 aromatic rings. The molecule has 0 saturated carbocycles. The van der Waals surface area contributed by atoms with Crippen LogP contribution in [0.3, 0.4) is 0 Å². The first-order chi connectivity index (χ1) is 12.2. The SMILES string of the molecule is Cc1nn2c(nc(Sc3nnc4ccccn34)c3ccccc32)c1Cl. The lowest BCUT2D eigenvalue weighted by Crippen LogP contribution is -1.96.